The van der Waals surface area contributed by atoms with Crippen LogP contribution in [0.25, 0.3) is 0 Å². The van der Waals surface area contributed by atoms with Gasteiger partial charge in [0.15, 0.2) is 0 Å². The highest BCUT2D eigenvalue weighted by Crippen LogP contribution is 2.40. The van der Waals surface area contributed by atoms with E-state index in [1.807, 2.05) is 18.7 Å². The van der Waals surface area contributed by atoms with Crippen molar-refractivity contribution in [3.05, 3.63) is 0 Å². The SMILES string of the molecule is CCNC(=NCC1(SC)CCCC1)NN. The third kappa shape index (κ3) is 3.57. The van der Waals surface area contributed by atoms with Crippen molar-refractivity contribution >= 4 is 17.7 Å². The van der Waals surface area contributed by atoms with Crippen molar-refractivity contribution in [2.45, 2.75) is 37.4 Å². The highest BCUT2D eigenvalue weighted by molar-refractivity contribution is 8.00. The smallest absolute Gasteiger partial charge is 0.205 e. The van der Waals surface area contributed by atoms with Gasteiger partial charge in [-0.15, -0.1) is 0 Å². The van der Waals surface area contributed by atoms with E-state index in [4.69, 9.17) is 5.84 Å². The van der Waals surface area contributed by atoms with Crippen LogP contribution in [0.4, 0.5) is 0 Å². The molecule has 0 radical (unpaired) electrons. The Balaban J connectivity index is 2.50. The summed E-state index contributed by atoms with van der Waals surface area (Å²) in [7, 11) is 0. The van der Waals surface area contributed by atoms with E-state index in [0.717, 1.165) is 13.1 Å². The molecule has 1 saturated carbocycles. The molecule has 0 atom stereocenters. The van der Waals surface area contributed by atoms with Crippen molar-refractivity contribution in [2.75, 3.05) is 19.3 Å². The van der Waals surface area contributed by atoms with Gasteiger partial charge in [0.05, 0.1) is 6.54 Å². The zero-order valence-corrected chi connectivity index (χ0v) is 10.5. The zero-order valence-electron chi connectivity index (χ0n) is 9.68. The molecule has 0 spiro atoms. The Morgan fingerprint density at radius 3 is 2.60 bits per heavy atom. The predicted molar refractivity (Wildman–Crippen MR) is 68.0 cm³/mol. The summed E-state index contributed by atoms with van der Waals surface area (Å²) < 4.78 is 0.359. The van der Waals surface area contributed by atoms with Crippen molar-refractivity contribution in [3.63, 3.8) is 0 Å². The van der Waals surface area contributed by atoms with E-state index in [1.54, 1.807) is 0 Å². The topological polar surface area (TPSA) is 62.4 Å². The highest BCUT2D eigenvalue weighted by Gasteiger charge is 2.32. The average Bonchev–Trinajstić information content (AvgIpc) is 2.73. The van der Waals surface area contributed by atoms with Crippen LogP contribution in [0.3, 0.4) is 0 Å². The summed E-state index contributed by atoms with van der Waals surface area (Å²) in [6.07, 6.45) is 7.42. The molecule has 1 aliphatic carbocycles. The van der Waals surface area contributed by atoms with Crippen LogP contribution in [0.15, 0.2) is 4.99 Å². The first-order chi connectivity index (χ1) is 7.26. The average molecular weight is 230 g/mol. The number of hydrazine groups is 1. The molecule has 4 N–H and O–H groups in total. The molecule has 0 heterocycles. The van der Waals surface area contributed by atoms with Gasteiger partial charge in [-0.1, -0.05) is 12.8 Å². The molecule has 0 aromatic heterocycles. The van der Waals surface area contributed by atoms with Gasteiger partial charge in [0.2, 0.25) is 5.96 Å². The van der Waals surface area contributed by atoms with Gasteiger partial charge in [-0.2, -0.15) is 11.8 Å². The number of nitrogens with zero attached hydrogens (tertiary/aromatic N) is 1. The van der Waals surface area contributed by atoms with Gasteiger partial charge in [-0.3, -0.25) is 10.4 Å². The predicted octanol–water partition coefficient (Wildman–Crippen LogP) is 1.09. The van der Waals surface area contributed by atoms with Crippen molar-refractivity contribution in [1.29, 1.82) is 0 Å². The molecule has 0 amide bonds. The van der Waals surface area contributed by atoms with E-state index in [0.29, 0.717) is 10.7 Å². The molecule has 0 aromatic rings. The third-order valence-electron chi connectivity index (χ3n) is 2.95. The van der Waals surface area contributed by atoms with E-state index < -0.39 is 0 Å². The number of hydrogen-bond acceptors (Lipinski definition) is 3. The van der Waals surface area contributed by atoms with Crippen molar-refractivity contribution < 1.29 is 0 Å². The minimum absolute atomic E-state index is 0.359. The first-order valence-corrected chi connectivity index (χ1v) is 6.79. The maximum Gasteiger partial charge on any atom is 0.205 e. The maximum atomic E-state index is 5.38. The lowest BCUT2D eigenvalue weighted by molar-refractivity contribution is 0.617. The fraction of sp³-hybridized carbons (Fsp3) is 0.900. The summed E-state index contributed by atoms with van der Waals surface area (Å²) in [4.78, 5) is 4.51. The largest absolute Gasteiger partial charge is 0.356 e. The third-order valence-corrected chi connectivity index (χ3v) is 4.36. The van der Waals surface area contributed by atoms with Gasteiger partial charge in [0.1, 0.15) is 0 Å². The van der Waals surface area contributed by atoms with Crippen LogP contribution in [0, 0.1) is 0 Å². The normalized spacial score (nSPS) is 20.3. The lowest BCUT2D eigenvalue weighted by atomic mass is 10.1. The Kier molecular flexibility index (Phi) is 5.25. The molecule has 4 nitrogen and oxygen atoms in total. The lowest BCUT2D eigenvalue weighted by Gasteiger charge is -2.24. The quantitative estimate of drug-likeness (QED) is 0.293. The van der Waals surface area contributed by atoms with Crippen LogP contribution < -0.4 is 16.6 Å². The van der Waals surface area contributed by atoms with Gasteiger partial charge < -0.3 is 5.32 Å². The Labute approximate surface area is 96.4 Å². The van der Waals surface area contributed by atoms with E-state index in [9.17, 15) is 0 Å². The molecule has 0 unspecified atom stereocenters. The van der Waals surface area contributed by atoms with Crippen LogP contribution in [0.5, 0.6) is 0 Å². The second-order valence-corrected chi connectivity index (χ2v) is 5.21. The van der Waals surface area contributed by atoms with Crippen LogP contribution in [0.1, 0.15) is 32.6 Å². The molecular formula is C10H22N4S. The van der Waals surface area contributed by atoms with E-state index in [-0.39, 0.29) is 0 Å². The first-order valence-electron chi connectivity index (χ1n) is 5.56. The summed E-state index contributed by atoms with van der Waals surface area (Å²) in [5.41, 5.74) is 2.60. The molecule has 1 rings (SSSR count). The monoisotopic (exact) mass is 230 g/mol. The number of nitrogens with two attached hydrogens (primary N) is 1. The summed E-state index contributed by atoms with van der Waals surface area (Å²) in [5.74, 6) is 6.08. The molecule has 15 heavy (non-hydrogen) atoms. The van der Waals surface area contributed by atoms with Crippen LogP contribution in [-0.4, -0.2) is 30.1 Å². The number of nitrogens with one attached hydrogen (secondary N) is 2. The van der Waals surface area contributed by atoms with Crippen molar-refractivity contribution in [2.24, 2.45) is 10.8 Å². The molecular weight excluding hydrogens is 208 g/mol. The summed E-state index contributed by atoms with van der Waals surface area (Å²) in [5, 5.41) is 3.10. The Morgan fingerprint density at radius 2 is 2.13 bits per heavy atom. The Hall–Kier alpha value is -0.420. The Bertz CT molecular complexity index is 211. The van der Waals surface area contributed by atoms with Gasteiger partial charge in [-0.05, 0) is 26.0 Å². The molecule has 88 valence electrons. The summed E-state index contributed by atoms with van der Waals surface area (Å²) in [6.45, 7) is 3.74. The standard InChI is InChI=1S/C10H22N4S/c1-3-12-9(14-11)13-8-10(15-2)6-4-5-7-10/h3-8,11H2,1-2H3,(H2,12,13,14). The van der Waals surface area contributed by atoms with Gasteiger partial charge >= 0.3 is 0 Å². The summed E-state index contributed by atoms with van der Waals surface area (Å²) >= 11 is 1.95. The maximum absolute atomic E-state index is 5.38. The summed E-state index contributed by atoms with van der Waals surface area (Å²) in [6, 6.07) is 0. The second kappa shape index (κ2) is 6.23. The second-order valence-electron chi connectivity index (χ2n) is 3.93. The number of guanidine groups is 1. The van der Waals surface area contributed by atoms with Crippen LogP contribution in [-0.2, 0) is 0 Å². The molecule has 0 aromatic carbocycles. The fourth-order valence-corrected chi connectivity index (χ4v) is 2.88. The fourth-order valence-electron chi connectivity index (χ4n) is 1.99. The molecule has 0 bridgehead atoms. The van der Waals surface area contributed by atoms with Crippen LogP contribution >= 0.6 is 11.8 Å². The molecule has 1 aliphatic rings. The van der Waals surface area contributed by atoms with E-state index >= 15 is 0 Å². The minimum atomic E-state index is 0.359. The van der Waals surface area contributed by atoms with Crippen molar-refractivity contribution in [1.82, 2.24) is 10.7 Å². The number of aliphatic imine (C=N–C) groups is 1. The van der Waals surface area contributed by atoms with Gasteiger partial charge in [-0.25, -0.2) is 5.84 Å². The molecule has 5 heteroatoms. The minimum Gasteiger partial charge on any atom is -0.356 e. The lowest BCUT2D eigenvalue weighted by Crippen LogP contribution is -2.42. The Morgan fingerprint density at radius 1 is 1.47 bits per heavy atom. The highest BCUT2D eigenvalue weighted by atomic mass is 32.2. The van der Waals surface area contributed by atoms with Crippen molar-refractivity contribution in [3.8, 4) is 0 Å². The molecule has 0 saturated heterocycles. The van der Waals surface area contributed by atoms with Gasteiger partial charge in [0.25, 0.3) is 0 Å². The first kappa shape index (κ1) is 12.6. The molecule has 0 aliphatic heterocycles. The number of hydrogen-bond donors (Lipinski definition) is 3. The van der Waals surface area contributed by atoms with Gasteiger partial charge in [0, 0.05) is 11.3 Å². The van der Waals surface area contributed by atoms with E-state index in [1.165, 1.54) is 25.7 Å². The number of rotatable bonds is 4. The zero-order chi connectivity index (χ0) is 11.1. The number of thioether (sulfide) groups is 1. The van der Waals surface area contributed by atoms with E-state index in [2.05, 4.69) is 22.0 Å². The molecule has 1 fully saturated rings. The van der Waals surface area contributed by atoms with Crippen LogP contribution in [0.2, 0.25) is 0 Å².